The number of carbonyl (C=O) groups excluding carboxylic acids is 2. The Hall–Kier alpha value is -2.73. The highest BCUT2D eigenvalue weighted by atomic mass is 16.2. The number of aromatic amines is 1. The Morgan fingerprint density at radius 1 is 1.14 bits per heavy atom. The van der Waals surface area contributed by atoms with Crippen molar-refractivity contribution < 1.29 is 9.59 Å². The zero-order chi connectivity index (χ0) is 20.1. The Morgan fingerprint density at radius 3 is 2.54 bits per heavy atom. The van der Waals surface area contributed by atoms with E-state index < -0.39 is 0 Å². The fourth-order valence-corrected chi connectivity index (χ4v) is 3.51. The quantitative estimate of drug-likeness (QED) is 0.765. The number of ketones is 1. The first kappa shape index (κ1) is 20.0. The van der Waals surface area contributed by atoms with Crippen molar-refractivity contribution in [2.24, 2.45) is 0 Å². The summed E-state index contributed by atoms with van der Waals surface area (Å²) in [6.07, 6.45) is 3.12. The molecule has 1 heterocycles. The van der Waals surface area contributed by atoms with Crippen molar-refractivity contribution in [1.29, 1.82) is 0 Å². The highest BCUT2D eigenvalue weighted by Gasteiger charge is 2.27. The fraction of sp³-hybridized carbons (Fsp3) is 0.409. The maximum atomic E-state index is 13.1. The molecule has 6 nitrogen and oxygen atoms in total. The minimum absolute atomic E-state index is 0.0206. The number of hydrogen-bond donors (Lipinski definition) is 1. The number of aryl methyl sites for hydroxylation is 1. The Labute approximate surface area is 166 Å². The standard InChI is InChI=1S/C22H28N4O2/c1-16-23-14-18(24-16)15-26(12-11-25(2)3)22(28)13-20-19(9-10-21(20)27)17-7-5-4-6-8-17/h4-8,14H,9-13,15H2,1-3H3,(H,23,24). The summed E-state index contributed by atoms with van der Waals surface area (Å²) in [5, 5.41) is 0. The molecule has 148 valence electrons. The molecule has 6 heteroatoms. The molecule has 0 aliphatic heterocycles. The molecule has 0 saturated carbocycles. The van der Waals surface area contributed by atoms with Gasteiger partial charge in [-0.2, -0.15) is 0 Å². The van der Waals surface area contributed by atoms with E-state index in [1.165, 1.54) is 0 Å². The third-order valence-corrected chi connectivity index (χ3v) is 5.04. The minimum atomic E-state index is -0.0206. The van der Waals surface area contributed by atoms with Crippen molar-refractivity contribution in [2.75, 3.05) is 27.2 Å². The van der Waals surface area contributed by atoms with E-state index in [-0.39, 0.29) is 18.1 Å². The maximum Gasteiger partial charge on any atom is 0.227 e. The Kier molecular flexibility index (Phi) is 6.41. The molecule has 0 unspecified atom stereocenters. The van der Waals surface area contributed by atoms with Crippen LogP contribution in [0.2, 0.25) is 0 Å². The Balaban J connectivity index is 1.80. The monoisotopic (exact) mass is 380 g/mol. The number of nitrogens with one attached hydrogen (secondary N) is 1. The summed E-state index contributed by atoms with van der Waals surface area (Å²) in [4.78, 5) is 36.9. The van der Waals surface area contributed by atoms with Crippen LogP contribution in [0.3, 0.4) is 0 Å². The molecular formula is C22H28N4O2. The van der Waals surface area contributed by atoms with E-state index in [0.29, 0.717) is 31.5 Å². The molecular weight excluding hydrogens is 352 g/mol. The second-order valence-electron chi connectivity index (χ2n) is 7.54. The summed E-state index contributed by atoms with van der Waals surface area (Å²) in [5.74, 6) is 0.903. The van der Waals surface area contributed by atoms with Crippen LogP contribution in [0.25, 0.3) is 5.57 Å². The number of amides is 1. The van der Waals surface area contributed by atoms with Crippen LogP contribution < -0.4 is 0 Å². The third kappa shape index (κ3) is 4.95. The summed E-state index contributed by atoms with van der Waals surface area (Å²) < 4.78 is 0. The molecule has 1 amide bonds. The molecule has 28 heavy (non-hydrogen) atoms. The lowest BCUT2D eigenvalue weighted by Crippen LogP contribution is -2.36. The van der Waals surface area contributed by atoms with Crippen molar-refractivity contribution in [1.82, 2.24) is 19.8 Å². The number of nitrogens with zero attached hydrogens (tertiary/aromatic N) is 3. The zero-order valence-electron chi connectivity index (χ0n) is 16.9. The van der Waals surface area contributed by atoms with Gasteiger partial charge in [-0.05, 0) is 38.6 Å². The van der Waals surface area contributed by atoms with Gasteiger partial charge < -0.3 is 14.8 Å². The lowest BCUT2D eigenvalue weighted by molar-refractivity contribution is -0.132. The van der Waals surface area contributed by atoms with E-state index >= 15 is 0 Å². The van der Waals surface area contributed by atoms with Crippen molar-refractivity contribution in [3.63, 3.8) is 0 Å². The number of H-pyrrole nitrogens is 1. The number of rotatable bonds is 8. The van der Waals surface area contributed by atoms with Gasteiger partial charge in [-0.3, -0.25) is 9.59 Å². The lowest BCUT2D eigenvalue weighted by atomic mass is 9.99. The second kappa shape index (κ2) is 8.97. The van der Waals surface area contributed by atoms with Crippen LogP contribution in [0.1, 0.15) is 36.3 Å². The number of imidazole rings is 1. The van der Waals surface area contributed by atoms with Gasteiger partial charge in [-0.25, -0.2) is 4.98 Å². The number of aromatic nitrogens is 2. The van der Waals surface area contributed by atoms with Gasteiger partial charge in [0.2, 0.25) is 5.91 Å². The molecule has 1 aliphatic rings. The van der Waals surface area contributed by atoms with E-state index in [1.807, 2.05) is 61.2 Å². The summed E-state index contributed by atoms with van der Waals surface area (Å²) in [6, 6.07) is 9.91. The van der Waals surface area contributed by atoms with Crippen LogP contribution in [-0.2, 0) is 16.1 Å². The number of likely N-dealkylation sites (N-methyl/N-ethyl adjacent to an activating group) is 1. The van der Waals surface area contributed by atoms with Crippen molar-refractivity contribution in [3.05, 3.63) is 59.2 Å². The van der Waals surface area contributed by atoms with Gasteiger partial charge >= 0.3 is 0 Å². The molecule has 0 fully saturated rings. The SMILES string of the molecule is Cc1ncc(CN(CCN(C)C)C(=O)CC2=C(c3ccccc3)CCC2=O)[nH]1. The van der Waals surface area contributed by atoms with Crippen LogP contribution in [0.4, 0.5) is 0 Å². The molecule has 0 bridgehead atoms. The predicted molar refractivity (Wildman–Crippen MR) is 110 cm³/mol. The predicted octanol–water partition coefficient (Wildman–Crippen LogP) is 2.82. The molecule has 1 aliphatic carbocycles. The van der Waals surface area contributed by atoms with Crippen LogP contribution in [0, 0.1) is 6.92 Å². The smallest absolute Gasteiger partial charge is 0.227 e. The van der Waals surface area contributed by atoms with Gasteiger partial charge in [0.1, 0.15) is 5.82 Å². The average molecular weight is 380 g/mol. The van der Waals surface area contributed by atoms with E-state index in [1.54, 1.807) is 6.20 Å². The number of carbonyl (C=O) groups is 2. The number of benzene rings is 1. The van der Waals surface area contributed by atoms with Crippen molar-refractivity contribution >= 4 is 17.3 Å². The summed E-state index contributed by atoms with van der Waals surface area (Å²) >= 11 is 0. The molecule has 1 aromatic carbocycles. The van der Waals surface area contributed by atoms with Gasteiger partial charge in [0, 0.05) is 25.1 Å². The number of allylic oxidation sites excluding steroid dienone is 1. The first-order valence-corrected chi connectivity index (χ1v) is 9.67. The number of Topliss-reactive ketones (excluding diaryl/α,β-unsaturated/α-hetero) is 1. The zero-order valence-corrected chi connectivity index (χ0v) is 16.9. The second-order valence-corrected chi connectivity index (χ2v) is 7.54. The Bertz CT molecular complexity index is 868. The highest BCUT2D eigenvalue weighted by molar-refractivity contribution is 6.10. The molecule has 0 saturated heterocycles. The van der Waals surface area contributed by atoms with Gasteiger partial charge in [-0.1, -0.05) is 30.3 Å². The lowest BCUT2D eigenvalue weighted by Gasteiger charge is -2.24. The van der Waals surface area contributed by atoms with E-state index in [9.17, 15) is 9.59 Å². The molecule has 0 radical (unpaired) electrons. The molecule has 1 aromatic heterocycles. The summed E-state index contributed by atoms with van der Waals surface area (Å²) in [6.45, 7) is 3.72. The normalized spacial score (nSPS) is 14.2. The third-order valence-electron chi connectivity index (χ3n) is 5.04. The van der Waals surface area contributed by atoms with Crippen LogP contribution in [0.15, 0.2) is 42.1 Å². The van der Waals surface area contributed by atoms with Gasteiger partial charge in [0.25, 0.3) is 0 Å². The van der Waals surface area contributed by atoms with E-state index in [2.05, 4.69) is 9.97 Å². The topological polar surface area (TPSA) is 69.3 Å². The van der Waals surface area contributed by atoms with Crippen LogP contribution >= 0.6 is 0 Å². The summed E-state index contributed by atoms with van der Waals surface area (Å²) in [5.41, 5.74) is 3.63. The van der Waals surface area contributed by atoms with Gasteiger partial charge in [-0.15, -0.1) is 0 Å². The first-order valence-electron chi connectivity index (χ1n) is 9.67. The summed E-state index contributed by atoms with van der Waals surface area (Å²) in [7, 11) is 3.97. The van der Waals surface area contributed by atoms with Crippen LogP contribution in [-0.4, -0.2) is 58.6 Å². The number of hydrogen-bond acceptors (Lipinski definition) is 4. The van der Waals surface area contributed by atoms with Crippen LogP contribution in [0.5, 0.6) is 0 Å². The molecule has 0 spiro atoms. The van der Waals surface area contributed by atoms with Crippen molar-refractivity contribution in [3.8, 4) is 0 Å². The van der Waals surface area contributed by atoms with Crippen molar-refractivity contribution in [2.45, 2.75) is 32.7 Å². The Morgan fingerprint density at radius 2 is 1.89 bits per heavy atom. The van der Waals surface area contributed by atoms with E-state index in [4.69, 9.17) is 0 Å². The highest BCUT2D eigenvalue weighted by Crippen LogP contribution is 2.33. The van der Waals surface area contributed by atoms with E-state index in [0.717, 1.165) is 29.2 Å². The average Bonchev–Trinajstić information content (AvgIpc) is 3.25. The molecule has 0 atom stereocenters. The molecule has 3 rings (SSSR count). The van der Waals surface area contributed by atoms with Gasteiger partial charge in [0.05, 0.1) is 24.9 Å². The minimum Gasteiger partial charge on any atom is -0.345 e. The molecule has 2 aromatic rings. The van der Waals surface area contributed by atoms with Gasteiger partial charge in [0.15, 0.2) is 5.78 Å². The first-order chi connectivity index (χ1) is 13.4. The fourth-order valence-electron chi connectivity index (χ4n) is 3.51. The molecule has 1 N–H and O–H groups in total. The maximum absolute atomic E-state index is 13.1. The largest absolute Gasteiger partial charge is 0.345 e.